The number of hydrogen-bond acceptors (Lipinski definition) is 0. The first-order valence-corrected chi connectivity index (χ1v) is 4.03. The van der Waals surface area contributed by atoms with Crippen LogP contribution in [0.5, 0.6) is 0 Å². The van der Waals surface area contributed by atoms with E-state index in [-0.39, 0.29) is 17.8 Å². The lowest BCUT2D eigenvalue weighted by atomic mass is 10.1. The van der Waals surface area contributed by atoms with E-state index < -0.39 is 5.83 Å². The van der Waals surface area contributed by atoms with Crippen molar-refractivity contribution in [1.82, 2.24) is 0 Å². The summed E-state index contributed by atoms with van der Waals surface area (Å²) >= 11 is 0. The van der Waals surface area contributed by atoms with E-state index in [1.807, 2.05) is 0 Å². The Kier molecular flexibility index (Phi) is 5.26. The number of rotatable bonds is 4. The maximum Gasteiger partial charge on any atom is 0.128 e. The SMILES string of the molecule is C=C/C=C(F)\C(CC)=C(\F)CC. The smallest absolute Gasteiger partial charge is 0.128 e. The molecule has 0 atom stereocenters. The average molecular weight is 172 g/mol. The van der Waals surface area contributed by atoms with Gasteiger partial charge in [0.05, 0.1) is 0 Å². The van der Waals surface area contributed by atoms with Crippen LogP contribution < -0.4 is 0 Å². The Labute approximate surface area is 72.3 Å². The summed E-state index contributed by atoms with van der Waals surface area (Å²) < 4.78 is 25.9. The van der Waals surface area contributed by atoms with Gasteiger partial charge in [-0.3, -0.25) is 0 Å². The molecule has 12 heavy (non-hydrogen) atoms. The molecular formula is C10H14F2. The normalized spacial score (nSPS) is 14.2. The molecule has 0 nitrogen and oxygen atoms in total. The zero-order valence-electron chi connectivity index (χ0n) is 7.53. The van der Waals surface area contributed by atoms with Crippen molar-refractivity contribution < 1.29 is 8.78 Å². The van der Waals surface area contributed by atoms with Crippen molar-refractivity contribution in [1.29, 1.82) is 0 Å². The lowest BCUT2D eigenvalue weighted by Gasteiger charge is -2.02. The zero-order valence-corrected chi connectivity index (χ0v) is 7.53. The van der Waals surface area contributed by atoms with Gasteiger partial charge in [-0.15, -0.1) is 0 Å². The summed E-state index contributed by atoms with van der Waals surface area (Å²) in [6.45, 7) is 6.72. The van der Waals surface area contributed by atoms with Gasteiger partial charge in [-0.25, -0.2) is 8.78 Å². The molecule has 0 unspecified atom stereocenters. The van der Waals surface area contributed by atoms with Crippen LogP contribution in [0, 0.1) is 0 Å². The molecule has 2 heteroatoms. The maximum absolute atomic E-state index is 13.0. The monoisotopic (exact) mass is 172 g/mol. The summed E-state index contributed by atoms with van der Waals surface area (Å²) in [5.74, 6) is -0.903. The highest BCUT2D eigenvalue weighted by atomic mass is 19.1. The average Bonchev–Trinajstić information content (AvgIpc) is 2.06. The number of allylic oxidation sites excluding steroid dienone is 5. The van der Waals surface area contributed by atoms with E-state index in [1.165, 1.54) is 12.2 Å². The molecule has 0 saturated carbocycles. The van der Waals surface area contributed by atoms with Crippen LogP contribution in [0.4, 0.5) is 8.78 Å². The van der Waals surface area contributed by atoms with Crippen LogP contribution in [0.1, 0.15) is 26.7 Å². The van der Waals surface area contributed by atoms with Crippen LogP contribution in [-0.4, -0.2) is 0 Å². The van der Waals surface area contributed by atoms with Crippen molar-refractivity contribution >= 4 is 0 Å². The first kappa shape index (κ1) is 11.1. The van der Waals surface area contributed by atoms with Gasteiger partial charge in [0.15, 0.2) is 0 Å². The Balaban J connectivity index is 4.78. The van der Waals surface area contributed by atoms with Crippen molar-refractivity contribution in [2.75, 3.05) is 0 Å². The molecule has 0 N–H and O–H groups in total. The Morgan fingerprint density at radius 1 is 1.25 bits per heavy atom. The second kappa shape index (κ2) is 5.70. The van der Waals surface area contributed by atoms with Gasteiger partial charge in [0.25, 0.3) is 0 Å². The van der Waals surface area contributed by atoms with Crippen molar-refractivity contribution in [3.05, 3.63) is 36.0 Å². The summed E-state index contributed by atoms with van der Waals surface area (Å²) in [6, 6.07) is 0. The van der Waals surface area contributed by atoms with Gasteiger partial charge in [0, 0.05) is 5.57 Å². The third kappa shape index (κ3) is 2.99. The third-order valence-electron chi connectivity index (χ3n) is 1.54. The molecule has 0 aromatic heterocycles. The first-order valence-electron chi connectivity index (χ1n) is 4.03. The second-order valence-corrected chi connectivity index (χ2v) is 2.34. The van der Waals surface area contributed by atoms with E-state index in [1.54, 1.807) is 13.8 Å². The molecule has 0 aliphatic heterocycles. The molecule has 0 amide bonds. The van der Waals surface area contributed by atoms with Crippen molar-refractivity contribution in [2.24, 2.45) is 0 Å². The maximum atomic E-state index is 13.0. The summed E-state index contributed by atoms with van der Waals surface area (Å²) in [7, 11) is 0. The van der Waals surface area contributed by atoms with Crippen LogP contribution in [0.2, 0.25) is 0 Å². The topological polar surface area (TPSA) is 0 Å². The molecule has 0 saturated heterocycles. The minimum Gasteiger partial charge on any atom is -0.211 e. The Bertz CT molecular complexity index is 206. The summed E-state index contributed by atoms with van der Waals surface area (Å²) in [5.41, 5.74) is 0.150. The molecule has 0 spiro atoms. The van der Waals surface area contributed by atoms with E-state index in [0.717, 1.165) is 0 Å². The summed E-state index contributed by atoms with van der Waals surface area (Å²) in [6.07, 6.45) is 3.10. The van der Waals surface area contributed by atoms with Gasteiger partial charge in [0.2, 0.25) is 0 Å². The molecule has 0 fully saturated rings. The summed E-state index contributed by atoms with van der Waals surface area (Å²) in [4.78, 5) is 0. The van der Waals surface area contributed by atoms with Crippen molar-refractivity contribution in [3.63, 3.8) is 0 Å². The Hall–Kier alpha value is -0.920. The van der Waals surface area contributed by atoms with Crippen LogP contribution in [0.3, 0.4) is 0 Å². The highest BCUT2D eigenvalue weighted by Gasteiger charge is 2.07. The molecule has 68 valence electrons. The lowest BCUT2D eigenvalue weighted by Crippen LogP contribution is -1.86. The standard InChI is InChI=1S/C10H14F2/c1-4-7-10(12)8(5-2)9(11)6-3/h4,7H,1,5-6H2,2-3H3/b9-8+,10-7+. The molecule has 0 aliphatic rings. The quantitative estimate of drug-likeness (QED) is 0.561. The predicted molar refractivity (Wildman–Crippen MR) is 48.1 cm³/mol. The fourth-order valence-electron chi connectivity index (χ4n) is 0.908. The van der Waals surface area contributed by atoms with Crippen molar-refractivity contribution in [2.45, 2.75) is 26.7 Å². The summed E-state index contributed by atoms with van der Waals surface area (Å²) in [5, 5.41) is 0. The van der Waals surface area contributed by atoms with Crippen LogP contribution >= 0.6 is 0 Å². The van der Waals surface area contributed by atoms with E-state index in [0.29, 0.717) is 6.42 Å². The van der Waals surface area contributed by atoms with Crippen molar-refractivity contribution in [3.8, 4) is 0 Å². The lowest BCUT2D eigenvalue weighted by molar-refractivity contribution is 0.562. The highest BCUT2D eigenvalue weighted by molar-refractivity contribution is 5.29. The van der Waals surface area contributed by atoms with E-state index in [4.69, 9.17) is 0 Å². The molecule has 0 radical (unpaired) electrons. The van der Waals surface area contributed by atoms with E-state index in [2.05, 4.69) is 6.58 Å². The number of halogens is 2. The van der Waals surface area contributed by atoms with Gasteiger partial charge in [-0.1, -0.05) is 26.5 Å². The van der Waals surface area contributed by atoms with Crippen LogP contribution in [-0.2, 0) is 0 Å². The van der Waals surface area contributed by atoms with Gasteiger partial charge in [-0.05, 0) is 18.9 Å². The Morgan fingerprint density at radius 3 is 2.17 bits per heavy atom. The largest absolute Gasteiger partial charge is 0.211 e. The van der Waals surface area contributed by atoms with Gasteiger partial charge >= 0.3 is 0 Å². The third-order valence-corrected chi connectivity index (χ3v) is 1.54. The molecule has 0 aromatic carbocycles. The molecule has 0 aromatic rings. The van der Waals surface area contributed by atoms with E-state index in [9.17, 15) is 8.78 Å². The molecule has 0 aliphatic carbocycles. The van der Waals surface area contributed by atoms with E-state index >= 15 is 0 Å². The molecule has 0 bridgehead atoms. The second-order valence-electron chi connectivity index (χ2n) is 2.34. The predicted octanol–water partition coefficient (Wildman–Crippen LogP) is 4.07. The molecule has 0 heterocycles. The molecular weight excluding hydrogens is 158 g/mol. The van der Waals surface area contributed by atoms with Crippen LogP contribution in [0.25, 0.3) is 0 Å². The minimum atomic E-state index is -0.521. The van der Waals surface area contributed by atoms with Gasteiger partial charge in [-0.2, -0.15) is 0 Å². The van der Waals surface area contributed by atoms with Crippen LogP contribution in [0.15, 0.2) is 36.0 Å². The number of hydrogen-bond donors (Lipinski definition) is 0. The van der Waals surface area contributed by atoms with Gasteiger partial charge < -0.3 is 0 Å². The minimum absolute atomic E-state index is 0.150. The first-order chi connectivity index (χ1) is 5.67. The zero-order chi connectivity index (χ0) is 9.56. The van der Waals surface area contributed by atoms with Gasteiger partial charge in [0.1, 0.15) is 11.7 Å². The highest BCUT2D eigenvalue weighted by Crippen LogP contribution is 2.22. The Morgan fingerprint density at radius 2 is 1.83 bits per heavy atom. The fourth-order valence-corrected chi connectivity index (χ4v) is 0.908. The fraction of sp³-hybridized carbons (Fsp3) is 0.400. The molecule has 0 rings (SSSR count).